The molecule has 3 nitrogen and oxygen atoms in total. The summed E-state index contributed by atoms with van der Waals surface area (Å²) in [4.78, 5) is 0. The van der Waals surface area contributed by atoms with Crippen molar-refractivity contribution in [3.8, 4) is 5.75 Å². The summed E-state index contributed by atoms with van der Waals surface area (Å²) in [5.74, 6) is 1.11. The minimum Gasteiger partial charge on any atom is -0.493 e. The molecule has 1 aromatic carbocycles. The maximum Gasteiger partial charge on any atom is 0.125 e. The largest absolute Gasteiger partial charge is 0.493 e. The second-order valence-electron chi connectivity index (χ2n) is 6.07. The van der Waals surface area contributed by atoms with Crippen molar-refractivity contribution in [1.29, 1.82) is 0 Å². The molecule has 4 heteroatoms. The SMILES string of the molecule is CNC(Cc1cc(Br)cc2c1OCC2)CC1CCCCO1. The molecule has 3 rings (SSSR count). The molecule has 2 aliphatic rings. The highest BCUT2D eigenvalue weighted by molar-refractivity contribution is 9.10. The van der Waals surface area contributed by atoms with Crippen LogP contribution in [0.1, 0.15) is 36.8 Å². The lowest BCUT2D eigenvalue weighted by Gasteiger charge is -2.27. The lowest BCUT2D eigenvalue weighted by molar-refractivity contribution is 0.00566. The van der Waals surface area contributed by atoms with E-state index in [-0.39, 0.29) is 0 Å². The Hall–Kier alpha value is -0.580. The summed E-state index contributed by atoms with van der Waals surface area (Å²) in [6.07, 6.45) is 7.24. The third-order valence-corrected chi connectivity index (χ3v) is 4.98. The first-order valence-electron chi connectivity index (χ1n) is 7.99. The van der Waals surface area contributed by atoms with E-state index in [1.54, 1.807) is 0 Å². The number of nitrogens with one attached hydrogen (secondary N) is 1. The lowest BCUT2D eigenvalue weighted by atomic mass is 9.95. The Bertz CT molecular complexity index is 486. The average Bonchev–Trinajstić information content (AvgIpc) is 2.96. The molecule has 0 amide bonds. The molecule has 1 saturated heterocycles. The Morgan fingerprint density at radius 3 is 3.00 bits per heavy atom. The molecular weight excluding hydrogens is 330 g/mol. The molecule has 1 N–H and O–H groups in total. The highest BCUT2D eigenvalue weighted by Gasteiger charge is 2.23. The summed E-state index contributed by atoms with van der Waals surface area (Å²) >= 11 is 3.63. The van der Waals surface area contributed by atoms with Crippen LogP contribution in [0.2, 0.25) is 0 Å². The Labute approximate surface area is 135 Å². The van der Waals surface area contributed by atoms with Gasteiger partial charge in [-0.1, -0.05) is 15.9 Å². The number of halogens is 1. The fourth-order valence-corrected chi connectivity index (χ4v) is 3.93. The highest BCUT2D eigenvalue weighted by atomic mass is 79.9. The van der Waals surface area contributed by atoms with Crippen LogP contribution in [0.5, 0.6) is 5.75 Å². The van der Waals surface area contributed by atoms with E-state index in [0.29, 0.717) is 12.1 Å². The number of hydrogen-bond donors (Lipinski definition) is 1. The first-order chi connectivity index (χ1) is 10.3. The van der Waals surface area contributed by atoms with Crippen LogP contribution in [-0.2, 0) is 17.6 Å². The second-order valence-corrected chi connectivity index (χ2v) is 6.98. The van der Waals surface area contributed by atoms with Crippen molar-refractivity contribution in [3.63, 3.8) is 0 Å². The van der Waals surface area contributed by atoms with E-state index in [1.807, 2.05) is 7.05 Å². The molecular formula is C17H24BrNO2. The fourth-order valence-electron chi connectivity index (χ4n) is 3.38. The third kappa shape index (κ3) is 3.79. The molecule has 2 heterocycles. The third-order valence-electron chi connectivity index (χ3n) is 4.52. The van der Waals surface area contributed by atoms with Crippen molar-refractivity contribution in [2.75, 3.05) is 20.3 Å². The van der Waals surface area contributed by atoms with E-state index in [0.717, 1.165) is 42.7 Å². The van der Waals surface area contributed by atoms with Crippen LogP contribution in [0, 0.1) is 0 Å². The molecule has 2 aliphatic heterocycles. The standard InChI is InChI=1S/C17H24BrNO2/c1-19-15(11-16-4-2-3-6-20-16)10-13-9-14(18)8-12-5-7-21-17(12)13/h8-9,15-16,19H,2-7,10-11H2,1H3. The van der Waals surface area contributed by atoms with Crippen molar-refractivity contribution < 1.29 is 9.47 Å². The minimum absolute atomic E-state index is 0.414. The number of ether oxygens (including phenoxy) is 2. The normalized spacial score (nSPS) is 22.7. The zero-order chi connectivity index (χ0) is 14.7. The summed E-state index contributed by atoms with van der Waals surface area (Å²) in [6, 6.07) is 4.83. The molecule has 116 valence electrons. The van der Waals surface area contributed by atoms with Gasteiger partial charge in [0.15, 0.2) is 0 Å². The molecule has 0 aromatic heterocycles. The van der Waals surface area contributed by atoms with Crippen LogP contribution in [0.3, 0.4) is 0 Å². The number of likely N-dealkylation sites (N-methyl/N-ethyl adjacent to an activating group) is 1. The second kappa shape index (κ2) is 7.12. The quantitative estimate of drug-likeness (QED) is 0.878. The van der Waals surface area contributed by atoms with Gasteiger partial charge in [0.1, 0.15) is 5.75 Å². The fraction of sp³-hybridized carbons (Fsp3) is 0.647. The van der Waals surface area contributed by atoms with Gasteiger partial charge in [0.05, 0.1) is 12.7 Å². The lowest BCUT2D eigenvalue weighted by Crippen LogP contribution is -2.34. The van der Waals surface area contributed by atoms with Crippen LogP contribution < -0.4 is 10.1 Å². The van der Waals surface area contributed by atoms with E-state index >= 15 is 0 Å². The molecule has 0 aliphatic carbocycles. The summed E-state index contributed by atoms with van der Waals surface area (Å²) in [6.45, 7) is 1.74. The first kappa shape index (κ1) is 15.3. The van der Waals surface area contributed by atoms with Gasteiger partial charge in [0, 0.05) is 23.5 Å². The summed E-state index contributed by atoms with van der Waals surface area (Å²) in [7, 11) is 2.05. The number of benzene rings is 1. The molecule has 0 spiro atoms. The molecule has 1 aromatic rings. The van der Waals surface area contributed by atoms with Crippen molar-refractivity contribution in [1.82, 2.24) is 5.32 Å². The van der Waals surface area contributed by atoms with Gasteiger partial charge in [-0.2, -0.15) is 0 Å². The van der Waals surface area contributed by atoms with Gasteiger partial charge in [-0.05, 0) is 62.4 Å². The van der Waals surface area contributed by atoms with Crippen molar-refractivity contribution in [2.45, 2.75) is 50.7 Å². The Morgan fingerprint density at radius 2 is 2.24 bits per heavy atom. The monoisotopic (exact) mass is 353 g/mol. The van der Waals surface area contributed by atoms with Gasteiger partial charge in [-0.15, -0.1) is 0 Å². The van der Waals surface area contributed by atoms with Gasteiger partial charge < -0.3 is 14.8 Å². The first-order valence-corrected chi connectivity index (χ1v) is 8.78. The predicted molar refractivity (Wildman–Crippen MR) is 88.1 cm³/mol. The molecule has 0 radical (unpaired) electrons. The number of rotatable bonds is 5. The van der Waals surface area contributed by atoms with Gasteiger partial charge in [-0.3, -0.25) is 0 Å². The molecule has 0 saturated carbocycles. The molecule has 21 heavy (non-hydrogen) atoms. The summed E-state index contributed by atoms with van der Waals surface area (Å²) < 4.78 is 12.9. The van der Waals surface area contributed by atoms with Crippen LogP contribution in [0.4, 0.5) is 0 Å². The van der Waals surface area contributed by atoms with Crippen LogP contribution >= 0.6 is 15.9 Å². The number of fused-ring (bicyclic) bond motifs is 1. The topological polar surface area (TPSA) is 30.5 Å². The molecule has 1 fully saturated rings. The predicted octanol–water partition coefficient (Wildman–Crippen LogP) is 3.47. The number of hydrogen-bond acceptors (Lipinski definition) is 3. The maximum absolute atomic E-state index is 5.88. The highest BCUT2D eigenvalue weighted by Crippen LogP contribution is 2.34. The Kier molecular flexibility index (Phi) is 5.19. The zero-order valence-corrected chi connectivity index (χ0v) is 14.2. The maximum atomic E-state index is 5.88. The van der Waals surface area contributed by atoms with E-state index in [1.165, 1.54) is 30.4 Å². The van der Waals surface area contributed by atoms with Crippen LogP contribution in [-0.4, -0.2) is 32.4 Å². The van der Waals surface area contributed by atoms with Gasteiger partial charge in [0.2, 0.25) is 0 Å². The van der Waals surface area contributed by atoms with Crippen molar-refractivity contribution in [3.05, 3.63) is 27.7 Å². The minimum atomic E-state index is 0.414. The van der Waals surface area contributed by atoms with Crippen LogP contribution in [0.25, 0.3) is 0 Å². The van der Waals surface area contributed by atoms with E-state index < -0.39 is 0 Å². The smallest absolute Gasteiger partial charge is 0.125 e. The van der Waals surface area contributed by atoms with E-state index in [4.69, 9.17) is 9.47 Å². The summed E-state index contributed by atoms with van der Waals surface area (Å²) in [5.41, 5.74) is 2.65. The summed E-state index contributed by atoms with van der Waals surface area (Å²) in [5, 5.41) is 3.46. The van der Waals surface area contributed by atoms with Gasteiger partial charge >= 0.3 is 0 Å². The molecule has 2 atom stereocenters. The van der Waals surface area contributed by atoms with Crippen LogP contribution in [0.15, 0.2) is 16.6 Å². The van der Waals surface area contributed by atoms with E-state index in [2.05, 4.69) is 33.4 Å². The Balaban J connectivity index is 1.69. The van der Waals surface area contributed by atoms with E-state index in [9.17, 15) is 0 Å². The van der Waals surface area contributed by atoms with Gasteiger partial charge in [-0.25, -0.2) is 0 Å². The average molecular weight is 354 g/mol. The Morgan fingerprint density at radius 1 is 1.33 bits per heavy atom. The molecule has 0 bridgehead atoms. The zero-order valence-electron chi connectivity index (χ0n) is 12.7. The van der Waals surface area contributed by atoms with Crippen molar-refractivity contribution >= 4 is 15.9 Å². The molecule has 2 unspecified atom stereocenters. The van der Waals surface area contributed by atoms with Crippen molar-refractivity contribution in [2.24, 2.45) is 0 Å². The van der Waals surface area contributed by atoms with Gasteiger partial charge in [0.25, 0.3) is 0 Å².